The number of rotatable bonds is 4. The Morgan fingerprint density at radius 3 is 2.90 bits per heavy atom. The fourth-order valence-corrected chi connectivity index (χ4v) is 2.66. The molecule has 0 spiro atoms. The van der Waals surface area contributed by atoms with Gasteiger partial charge in [-0.1, -0.05) is 18.2 Å². The van der Waals surface area contributed by atoms with Crippen LogP contribution in [0, 0.1) is 5.82 Å². The molecule has 21 heavy (non-hydrogen) atoms. The van der Waals surface area contributed by atoms with Gasteiger partial charge in [0.1, 0.15) is 11.6 Å². The van der Waals surface area contributed by atoms with E-state index in [2.05, 4.69) is 15.3 Å². The van der Waals surface area contributed by atoms with Gasteiger partial charge in [-0.25, -0.2) is 9.37 Å². The largest absolute Gasteiger partial charge is 0.349 e. The highest BCUT2D eigenvalue weighted by atomic mass is 19.1. The Morgan fingerprint density at radius 1 is 1.29 bits per heavy atom. The van der Waals surface area contributed by atoms with E-state index in [1.807, 2.05) is 0 Å². The van der Waals surface area contributed by atoms with Crippen LogP contribution < -0.4 is 5.32 Å². The quantitative estimate of drug-likeness (QED) is 0.906. The number of halogens is 1. The van der Waals surface area contributed by atoms with Gasteiger partial charge in [-0.05, 0) is 37.3 Å². The zero-order valence-corrected chi connectivity index (χ0v) is 11.8. The van der Waals surface area contributed by atoms with Crippen LogP contribution in [-0.4, -0.2) is 15.9 Å². The number of imidazole rings is 1. The van der Waals surface area contributed by atoms with E-state index in [1.54, 1.807) is 18.2 Å². The number of aryl methyl sites for hydroxylation is 2. The Morgan fingerprint density at radius 2 is 2.10 bits per heavy atom. The van der Waals surface area contributed by atoms with Crippen molar-refractivity contribution in [3.05, 3.63) is 52.9 Å². The highest BCUT2D eigenvalue weighted by molar-refractivity contribution is 5.78. The summed E-state index contributed by atoms with van der Waals surface area (Å²) in [5, 5.41) is 2.78. The molecule has 1 aromatic carbocycles. The van der Waals surface area contributed by atoms with Gasteiger partial charge < -0.3 is 10.3 Å². The third-order valence-corrected chi connectivity index (χ3v) is 3.77. The molecule has 1 aliphatic rings. The van der Waals surface area contributed by atoms with Crippen molar-refractivity contribution in [1.29, 1.82) is 0 Å². The lowest BCUT2D eigenvalue weighted by atomic mass is 10.0. The second kappa shape index (κ2) is 6.08. The van der Waals surface area contributed by atoms with E-state index in [1.165, 1.54) is 24.6 Å². The van der Waals surface area contributed by atoms with Crippen LogP contribution in [0.3, 0.4) is 0 Å². The molecule has 1 amide bonds. The summed E-state index contributed by atoms with van der Waals surface area (Å²) in [6, 6.07) is 6.33. The molecular weight excluding hydrogens is 269 g/mol. The number of benzene rings is 1. The van der Waals surface area contributed by atoms with Crippen molar-refractivity contribution in [3.63, 3.8) is 0 Å². The van der Waals surface area contributed by atoms with Crippen LogP contribution in [0.1, 0.15) is 35.6 Å². The number of carbonyl (C=O) groups is 1. The van der Waals surface area contributed by atoms with Crippen LogP contribution in [0.2, 0.25) is 0 Å². The average molecular weight is 287 g/mol. The van der Waals surface area contributed by atoms with E-state index >= 15 is 0 Å². The van der Waals surface area contributed by atoms with Gasteiger partial charge in [-0.2, -0.15) is 0 Å². The van der Waals surface area contributed by atoms with Crippen LogP contribution in [0.25, 0.3) is 0 Å². The van der Waals surface area contributed by atoms with Crippen molar-refractivity contribution in [2.45, 2.75) is 38.6 Å². The molecule has 0 fully saturated rings. The summed E-state index contributed by atoms with van der Waals surface area (Å²) in [5.74, 6) is 0.236. The van der Waals surface area contributed by atoms with E-state index in [9.17, 15) is 9.18 Å². The molecule has 5 heteroatoms. The average Bonchev–Trinajstić information content (AvgIpc) is 2.90. The van der Waals surface area contributed by atoms with Crippen LogP contribution in [-0.2, 0) is 30.6 Å². The molecule has 0 radical (unpaired) electrons. The van der Waals surface area contributed by atoms with Gasteiger partial charge in [0.05, 0.1) is 18.7 Å². The maximum Gasteiger partial charge on any atom is 0.224 e. The zero-order valence-electron chi connectivity index (χ0n) is 11.8. The molecule has 0 saturated carbocycles. The minimum atomic E-state index is -0.346. The fourth-order valence-electron chi connectivity index (χ4n) is 2.66. The van der Waals surface area contributed by atoms with Crippen molar-refractivity contribution in [2.75, 3.05) is 0 Å². The molecule has 2 N–H and O–H groups in total. The molecule has 1 aromatic heterocycles. The summed E-state index contributed by atoms with van der Waals surface area (Å²) >= 11 is 0. The maximum absolute atomic E-state index is 13.5. The molecule has 0 bridgehead atoms. The third kappa shape index (κ3) is 3.29. The van der Waals surface area contributed by atoms with Crippen LogP contribution in [0.5, 0.6) is 0 Å². The van der Waals surface area contributed by atoms with Gasteiger partial charge in [-0.3, -0.25) is 4.79 Å². The predicted octanol–water partition coefficient (Wildman–Crippen LogP) is 2.29. The van der Waals surface area contributed by atoms with Gasteiger partial charge in [0.25, 0.3) is 0 Å². The number of amides is 1. The van der Waals surface area contributed by atoms with Crippen molar-refractivity contribution in [2.24, 2.45) is 0 Å². The fraction of sp³-hybridized carbons (Fsp3) is 0.375. The van der Waals surface area contributed by atoms with Crippen LogP contribution >= 0.6 is 0 Å². The standard InChI is InChI=1S/C16H18FN3O/c17-12-6-2-1-5-11(12)9-16(21)18-10-15-19-13-7-3-4-8-14(13)20-15/h1-2,5-6H,3-4,7-10H2,(H,18,21)(H,19,20). The molecule has 0 saturated heterocycles. The van der Waals surface area contributed by atoms with Gasteiger partial charge >= 0.3 is 0 Å². The van der Waals surface area contributed by atoms with Gasteiger partial charge in [0, 0.05) is 5.69 Å². The number of hydrogen-bond acceptors (Lipinski definition) is 2. The number of nitrogens with zero attached hydrogens (tertiary/aromatic N) is 1. The molecule has 0 atom stereocenters. The molecule has 110 valence electrons. The first-order chi connectivity index (χ1) is 10.2. The summed E-state index contributed by atoms with van der Waals surface area (Å²) in [5.41, 5.74) is 2.73. The Balaban J connectivity index is 1.56. The van der Waals surface area contributed by atoms with Gasteiger partial charge in [0.15, 0.2) is 0 Å². The predicted molar refractivity (Wildman–Crippen MR) is 77.2 cm³/mol. The Kier molecular flexibility index (Phi) is 3.99. The summed E-state index contributed by atoms with van der Waals surface area (Å²) < 4.78 is 13.5. The topological polar surface area (TPSA) is 57.8 Å². The number of aromatic nitrogens is 2. The van der Waals surface area contributed by atoms with Crippen molar-refractivity contribution < 1.29 is 9.18 Å². The number of fused-ring (bicyclic) bond motifs is 1. The lowest BCUT2D eigenvalue weighted by Gasteiger charge is -2.07. The highest BCUT2D eigenvalue weighted by Crippen LogP contribution is 2.18. The van der Waals surface area contributed by atoms with Gasteiger partial charge in [0.2, 0.25) is 5.91 Å². The van der Waals surface area contributed by atoms with Crippen LogP contribution in [0.4, 0.5) is 4.39 Å². The monoisotopic (exact) mass is 287 g/mol. The minimum absolute atomic E-state index is 0.0487. The lowest BCUT2D eigenvalue weighted by molar-refractivity contribution is -0.120. The second-order valence-corrected chi connectivity index (χ2v) is 5.36. The SMILES string of the molecule is O=C(Cc1ccccc1F)NCc1nc2c([nH]1)CCCC2. The first-order valence-corrected chi connectivity index (χ1v) is 7.29. The summed E-state index contributed by atoms with van der Waals surface area (Å²) in [6.07, 6.45) is 4.46. The number of hydrogen-bond donors (Lipinski definition) is 2. The van der Waals surface area contributed by atoms with Gasteiger partial charge in [-0.15, -0.1) is 0 Å². The Hall–Kier alpha value is -2.17. The third-order valence-electron chi connectivity index (χ3n) is 3.77. The summed E-state index contributed by atoms with van der Waals surface area (Å²) in [7, 11) is 0. The van der Waals surface area contributed by atoms with E-state index in [0.29, 0.717) is 12.1 Å². The second-order valence-electron chi connectivity index (χ2n) is 5.36. The highest BCUT2D eigenvalue weighted by Gasteiger charge is 2.14. The van der Waals surface area contributed by atoms with E-state index in [4.69, 9.17) is 0 Å². The molecule has 0 unspecified atom stereocenters. The van der Waals surface area contributed by atoms with Crippen molar-refractivity contribution in [3.8, 4) is 0 Å². The summed E-state index contributed by atoms with van der Waals surface area (Å²) in [6.45, 7) is 0.361. The zero-order chi connectivity index (χ0) is 14.7. The Bertz CT molecular complexity index is 627. The van der Waals surface area contributed by atoms with E-state index < -0.39 is 0 Å². The van der Waals surface area contributed by atoms with E-state index in [0.717, 1.165) is 24.4 Å². The molecule has 1 aliphatic carbocycles. The normalized spacial score (nSPS) is 13.8. The van der Waals surface area contributed by atoms with Crippen molar-refractivity contribution in [1.82, 2.24) is 15.3 Å². The number of aromatic amines is 1. The maximum atomic E-state index is 13.5. The number of H-pyrrole nitrogens is 1. The summed E-state index contributed by atoms with van der Waals surface area (Å²) in [4.78, 5) is 19.6. The smallest absolute Gasteiger partial charge is 0.224 e. The first kappa shape index (κ1) is 13.8. The minimum Gasteiger partial charge on any atom is -0.349 e. The lowest BCUT2D eigenvalue weighted by Crippen LogP contribution is -2.25. The molecule has 1 heterocycles. The molecule has 4 nitrogen and oxygen atoms in total. The molecule has 3 rings (SSSR count). The Labute approximate surface area is 122 Å². The van der Waals surface area contributed by atoms with E-state index in [-0.39, 0.29) is 18.1 Å². The number of nitrogens with one attached hydrogen (secondary N) is 2. The number of carbonyl (C=O) groups excluding carboxylic acids is 1. The first-order valence-electron chi connectivity index (χ1n) is 7.29. The molecular formula is C16H18FN3O. The molecule has 2 aromatic rings. The van der Waals surface area contributed by atoms with Crippen LogP contribution in [0.15, 0.2) is 24.3 Å². The van der Waals surface area contributed by atoms with Crippen molar-refractivity contribution >= 4 is 5.91 Å². The molecule has 0 aliphatic heterocycles.